The van der Waals surface area contributed by atoms with E-state index >= 15 is 0 Å². The fourth-order valence-corrected chi connectivity index (χ4v) is 1.000. The molecule has 2 aromatic rings. The molecule has 0 atom stereocenters. The average molecular weight is 171 g/mol. The summed E-state index contributed by atoms with van der Waals surface area (Å²) in [6, 6.07) is 11.2. The molecule has 0 bridgehead atoms. The van der Waals surface area contributed by atoms with Crippen LogP contribution < -0.4 is 0 Å². The van der Waals surface area contributed by atoms with Crippen LogP contribution in [0.1, 0.15) is 5.82 Å². The molecule has 0 N–H and O–H groups in total. The van der Waals surface area contributed by atoms with Crippen molar-refractivity contribution in [2.45, 2.75) is 0 Å². The van der Waals surface area contributed by atoms with Crippen LogP contribution in [0.15, 0.2) is 30.3 Å². The highest BCUT2D eigenvalue weighted by molar-refractivity contribution is 5.32. The number of tetrazole rings is 1. The molecule has 2 rings (SSSR count). The first-order valence-corrected chi connectivity index (χ1v) is 3.66. The van der Waals surface area contributed by atoms with Crippen LogP contribution in [0.4, 0.5) is 0 Å². The number of para-hydroxylation sites is 1. The maximum atomic E-state index is 8.66. The van der Waals surface area contributed by atoms with Crippen molar-refractivity contribution in [3.05, 3.63) is 36.2 Å². The molecule has 0 unspecified atom stereocenters. The van der Waals surface area contributed by atoms with Crippen molar-refractivity contribution in [2.24, 2.45) is 0 Å². The molecule has 5 heteroatoms. The molecular weight excluding hydrogens is 166 g/mol. The normalized spacial score (nSPS) is 9.46. The summed E-state index contributed by atoms with van der Waals surface area (Å²) in [6.07, 6.45) is 0. The zero-order chi connectivity index (χ0) is 9.10. The summed E-state index contributed by atoms with van der Waals surface area (Å²) in [5.74, 6) is 0.186. The van der Waals surface area contributed by atoms with E-state index in [-0.39, 0.29) is 5.82 Å². The summed E-state index contributed by atoms with van der Waals surface area (Å²) in [7, 11) is 0. The molecule has 0 saturated heterocycles. The molecule has 0 spiro atoms. The van der Waals surface area contributed by atoms with Crippen molar-refractivity contribution in [2.75, 3.05) is 0 Å². The molecule has 62 valence electrons. The van der Waals surface area contributed by atoms with Crippen LogP contribution in [-0.4, -0.2) is 20.2 Å². The Morgan fingerprint density at radius 1 is 1.23 bits per heavy atom. The average Bonchev–Trinajstić information content (AvgIpc) is 2.67. The van der Waals surface area contributed by atoms with Crippen LogP contribution in [0.3, 0.4) is 0 Å². The Labute approximate surface area is 74.2 Å². The van der Waals surface area contributed by atoms with Crippen LogP contribution in [0.25, 0.3) is 5.69 Å². The zero-order valence-corrected chi connectivity index (χ0v) is 6.62. The van der Waals surface area contributed by atoms with E-state index in [4.69, 9.17) is 5.26 Å². The van der Waals surface area contributed by atoms with Crippen molar-refractivity contribution >= 4 is 0 Å². The van der Waals surface area contributed by atoms with Crippen LogP contribution in [0.5, 0.6) is 0 Å². The topological polar surface area (TPSA) is 67.4 Å². The molecule has 1 aromatic carbocycles. The number of hydrogen-bond acceptors (Lipinski definition) is 4. The lowest BCUT2D eigenvalue weighted by atomic mass is 10.3. The number of nitriles is 1. The molecular formula is C8H5N5. The minimum atomic E-state index is 0.186. The maximum absolute atomic E-state index is 8.66. The van der Waals surface area contributed by atoms with Crippen molar-refractivity contribution < 1.29 is 0 Å². The first kappa shape index (κ1) is 7.43. The molecule has 5 nitrogen and oxygen atoms in total. The van der Waals surface area contributed by atoms with E-state index in [0.717, 1.165) is 5.69 Å². The number of rotatable bonds is 1. The Morgan fingerprint density at radius 3 is 2.69 bits per heavy atom. The molecule has 0 aliphatic carbocycles. The molecule has 0 fully saturated rings. The van der Waals surface area contributed by atoms with Gasteiger partial charge in [0.1, 0.15) is 6.07 Å². The van der Waals surface area contributed by atoms with Gasteiger partial charge in [-0.1, -0.05) is 23.3 Å². The first-order chi connectivity index (χ1) is 6.42. The molecule has 13 heavy (non-hydrogen) atoms. The standard InChI is InChI=1S/C8H5N5/c9-6-8-10-11-12-13(8)7-4-2-1-3-5-7/h1-5H. The molecule has 0 radical (unpaired) electrons. The first-order valence-electron chi connectivity index (χ1n) is 3.66. The van der Waals surface area contributed by atoms with Gasteiger partial charge in [-0.3, -0.25) is 0 Å². The van der Waals surface area contributed by atoms with Gasteiger partial charge in [-0.2, -0.15) is 9.94 Å². The fourth-order valence-electron chi connectivity index (χ4n) is 1.000. The van der Waals surface area contributed by atoms with E-state index in [1.54, 1.807) is 0 Å². The lowest BCUT2D eigenvalue weighted by Crippen LogP contribution is -1.99. The summed E-state index contributed by atoms with van der Waals surface area (Å²) in [5, 5.41) is 19.3. The van der Waals surface area contributed by atoms with E-state index in [9.17, 15) is 0 Å². The van der Waals surface area contributed by atoms with Gasteiger partial charge in [0.05, 0.1) is 5.69 Å². The predicted molar refractivity (Wildman–Crippen MR) is 43.9 cm³/mol. The highest BCUT2D eigenvalue weighted by Crippen LogP contribution is 2.05. The second-order valence-corrected chi connectivity index (χ2v) is 2.36. The number of benzene rings is 1. The van der Waals surface area contributed by atoms with Crippen LogP contribution in [-0.2, 0) is 0 Å². The largest absolute Gasteiger partial charge is 0.257 e. The lowest BCUT2D eigenvalue weighted by molar-refractivity contribution is 0.785. The molecule has 1 aromatic heterocycles. The third-order valence-electron chi connectivity index (χ3n) is 1.57. The van der Waals surface area contributed by atoms with Gasteiger partial charge in [0, 0.05) is 0 Å². The summed E-state index contributed by atoms with van der Waals surface area (Å²) >= 11 is 0. The van der Waals surface area contributed by atoms with Crippen molar-refractivity contribution in [3.8, 4) is 11.8 Å². The monoisotopic (exact) mass is 171 g/mol. The predicted octanol–water partition coefficient (Wildman–Crippen LogP) is 0.534. The van der Waals surface area contributed by atoms with Gasteiger partial charge in [-0.05, 0) is 22.6 Å². The quantitative estimate of drug-likeness (QED) is 0.627. The summed E-state index contributed by atoms with van der Waals surface area (Å²) < 4.78 is 1.39. The Kier molecular flexibility index (Phi) is 1.73. The fraction of sp³-hybridized carbons (Fsp3) is 0. The van der Waals surface area contributed by atoms with Gasteiger partial charge in [0.2, 0.25) is 0 Å². The van der Waals surface area contributed by atoms with Gasteiger partial charge < -0.3 is 0 Å². The van der Waals surface area contributed by atoms with E-state index in [2.05, 4.69) is 15.5 Å². The summed E-state index contributed by atoms with van der Waals surface area (Å²) in [4.78, 5) is 0. The minimum absolute atomic E-state index is 0.186. The zero-order valence-electron chi connectivity index (χ0n) is 6.62. The number of hydrogen-bond donors (Lipinski definition) is 0. The van der Waals surface area contributed by atoms with Crippen molar-refractivity contribution in [1.29, 1.82) is 5.26 Å². The van der Waals surface area contributed by atoms with E-state index < -0.39 is 0 Å². The highest BCUT2D eigenvalue weighted by atomic mass is 15.5. The smallest absolute Gasteiger partial charge is 0.189 e. The highest BCUT2D eigenvalue weighted by Gasteiger charge is 2.04. The molecule has 0 aliphatic heterocycles. The second-order valence-electron chi connectivity index (χ2n) is 2.36. The molecule has 0 saturated carbocycles. The number of nitrogens with zero attached hydrogens (tertiary/aromatic N) is 5. The Hall–Kier alpha value is -2.22. The Morgan fingerprint density at radius 2 is 2.00 bits per heavy atom. The molecule has 1 heterocycles. The molecule has 0 amide bonds. The van der Waals surface area contributed by atoms with E-state index in [1.807, 2.05) is 36.4 Å². The third kappa shape index (κ3) is 1.25. The summed E-state index contributed by atoms with van der Waals surface area (Å²) in [6.45, 7) is 0. The van der Waals surface area contributed by atoms with E-state index in [0.29, 0.717) is 0 Å². The Bertz CT molecular complexity index is 439. The van der Waals surface area contributed by atoms with Crippen molar-refractivity contribution in [1.82, 2.24) is 20.2 Å². The van der Waals surface area contributed by atoms with E-state index in [1.165, 1.54) is 4.68 Å². The van der Waals surface area contributed by atoms with Gasteiger partial charge in [0.15, 0.2) is 0 Å². The van der Waals surface area contributed by atoms with Crippen LogP contribution >= 0.6 is 0 Å². The summed E-state index contributed by atoms with van der Waals surface area (Å²) in [5.41, 5.74) is 0.782. The lowest BCUT2D eigenvalue weighted by Gasteiger charge is -1.97. The molecule has 0 aliphatic rings. The minimum Gasteiger partial charge on any atom is -0.189 e. The maximum Gasteiger partial charge on any atom is 0.257 e. The third-order valence-corrected chi connectivity index (χ3v) is 1.57. The van der Waals surface area contributed by atoms with Crippen LogP contribution in [0.2, 0.25) is 0 Å². The van der Waals surface area contributed by atoms with Gasteiger partial charge >= 0.3 is 0 Å². The van der Waals surface area contributed by atoms with Gasteiger partial charge in [0.25, 0.3) is 5.82 Å². The van der Waals surface area contributed by atoms with Crippen molar-refractivity contribution in [3.63, 3.8) is 0 Å². The SMILES string of the molecule is N#Cc1nnnn1-c1ccccc1. The van der Waals surface area contributed by atoms with Gasteiger partial charge in [-0.15, -0.1) is 0 Å². The Balaban J connectivity index is 2.54. The number of aromatic nitrogens is 4. The second kappa shape index (κ2) is 3.03. The van der Waals surface area contributed by atoms with Gasteiger partial charge in [-0.25, -0.2) is 0 Å². The van der Waals surface area contributed by atoms with Crippen LogP contribution in [0, 0.1) is 11.3 Å².